The first-order valence-corrected chi connectivity index (χ1v) is 7.12. The van der Waals surface area contributed by atoms with Gasteiger partial charge in [0.2, 0.25) is 11.8 Å². The fourth-order valence-corrected chi connectivity index (χ4v) is 2.44. The van der Waals surface area contributed by atoms with Gasteiger partial charge in [-0.05, 0) is 27.7 Å². The first-order valence-electron chi connectivity index (χ1n) is 7.12. The largest absolute Gasteiger partial charge is 0.467 e. The Morgan fingerprint density at radius 3 is 2.62 bits per heavy atom. The second-order valence-electron chi connectivity index (χ2n) is 6.01. The predicted molar refractivity (Wildman–Crippen MR) is 77.5 cm³/mol. The van der Waals surface area contributed by atoms with Crippen molar-refractivity contribution < 1.29 is 19.1 Å². The number of hydrogen-bond acceptors (Lipinski definition) is 5. The van der Waals surface area contributed by atoms with Crippen LogP contribution in [0.15, 0.2) is 0 Å². The molecule has 1 saturated heterocycles. The smallest absolute Gasteiger partial charge is 0.330 e. The van der Waals surface area contributed by atoms with Crippen LogP contribution in [-0.2, 0) is 19.1 Å². The molecule has 1 aliphatic heterocycles. The summed E-state index contributed by atoms with van der Waals surface area (Å²) >= 11 is 0. The van der Waals surface area contributed by atoms with Gasteiger partial charge in [-0.1, -0.05) is 0 Å². The summed E-state index contributed by atoms with van der Waals surface area (Å²) in [6.45, 7) is 8.41. The van der Waals surface area contributed by atoms with Crippen molar-refractivity contribution in [3.05, 3.63) is 0 Å². The Bertz CT molecular complexity index is 420. The molecule has 1 heterocycles. The molecule has 0 saturated carbocycles. The standard InChI is InChI=1S/C14H25N3O4/c1-9(2)17-7-6-15-12(19)10(17)8-11(18)16-14(3,4)13(20)21-5/h9-10H,6-8H2,1-5H3,(H,15,19)(H,16,18)/t10-/m0/s1. The van der Waals surface area contributed by atoms with Crippen LogP contribution in [0.25, 0.3) is 0 Å². The number of hydrogen-bond donors (Lipinski definition) is 2. The number of carbonyl (C=O) groups excluding carboxylic acids is 3. The molecule has 1 aliphatic rings. The zero-order valence-electron chi connectivity index (χ0n) is 13.4. The van der Waals surface area contributed by atoms with E-state index in [4.69, 9.17) is 0 Å². The molecule has 2 amide bonds. The number of nitrogens with one attached hydrogen (secondary N) is 2. The lowest BCUT2D eigenvalue weighted by atomic mass is 10.0. The number of carbonyl (C=O) groups is 3. The van der Waals surface area contributed by atoms with Gasteiger partial charge in [0.25, 0.3) is 0 Å². The van der Waals surface area contributed by atoms with E-state index < -0.39 is 17.6 Å². The second-order valence-corrected chi connectivity index (χ2v) is 6.01. The summed E-state index contributed by atoms with van der Waals surface area (Å²) in [5.74, 6) is -1.02. The van der Waals surface area contributed by atoms with E-state index in [1.165, 1.54) is 7.11 Å². The molecule has 0 radical (unpaired) electrons. The van der Waals surface area contributed by atoms with Gasteiger partial charge in [0.05, 0.1) is 19.6 Å². The molecule has 7 heteroatoms. The maximum absolute atomic E-state index is 12.1. The van der Waals surface area contributed by atoms with Crippen LogP contribution in [-0.4, -0.2) is 60.5 Å². The molecule has 0 aromatic rings. The summed E-state index contributed by atoms with van der Waals surface area (Å²) in [4.78, 5) is 37.7. The quantitative estimate of drug-likeness (QED) is 0.678. The Morgan fingerprint density at radius 2 is 2.10 bits per heavy atom. The van der Waals surface area contributed by atoms with Crippen LogP contribution >= 0.6 is 0 Å². The monoisotopic (exact) mass is 299 g/mol. The predicted octanol–water partition coefficient (Wildman–Crippen LogP) is -0.347. The van der Waals surface area contributed by atoms with E-state index in [1.807, 2.05) is 18.7 Å². The lowest BCUT2D eigenvalue weighted by molar-refractivity contribution is -0.149. The van der Waals surface area contributed by atoms with E-state index in [-0.39, 0.29) is 24.3 Å². The fourth-order valence-electron chi connectivity index (χ4n) is 2.44. The summed E-state index contributed by atoms with van der Waals surface area (Å²) < 4.78 is 4.64. The minimum absolute atomic E-state index is 0.0183. The van der Waals surface area contributed by atoms with Crippen molar-refractivity contribution in [3.8, 4) is 0 Å². The molecule has 0 unspecified atom stereocenters. The van der Waals surface area contributed by atoms with Crippen LogP contribution in [0.2, 0.25) is 0 Å². The second kappa shape index (κ2) is 6.89. The maximum Gasteiger partial charge on any atom is 0.330 e. The van der Waals surface area contributed by atoms with Gasteiger partial charge < -0.3 is 15.4 Å². The van der Waals surface area contributed by atoms with Gasteiger partial charge in [0.1, 0.15) is 5.54 Å². The summed E-state index contributed by atoms with van der Waals surface area (Å²) in [6, 6.07) is -0.338. The van der Waals surface area contributed by atoms with E-state index in [2.05, 4.69) is 15.4 Å². The molecule has 0 aromatic heterocycles. The lowest BCUT2D eigenvalue weighted by Gasteiger charge is -2.37. The highest BCUT2D eigenvalue weighted by Gasteiger charge is 2.36. The molecule has 1 atom stereocenters. The zero-order valence-corrected chi connectivity index (χ0v) is 13.4. The van der Waals surface area contributed by atoms with Crippen molar-refractivity contribution in [2.24, 2.45) is 0 Å². The average molecular weight is 299 g/mol. The normalized spacial score (nSPS) is 20.1. The van der Waals surface area contributed by atoms with Crippen LogP contribution in [0.1, 0.15) is 34.1 Å². The van der Waals surface area contributed by atoms with Gasteiger partial charge in [-0.2, -0.15) is 0 Å². The summed E-state index contributed by atoms with van der Waals surface area (Å²) in [5, 5.41) is 5.38. The SMILES string of the molecule is COC(=O)C(C)(C)NC(=O)C[C@H]1C(=O)NCCN1C(C)C. The first kappa shape index (κ1) is 17.4. The Morgan fingerprint density at radius 1 is 1.48 bits per heavy atom. The Hall–Kier alpha value is -1.63. The van der Waals surface area contributed by atoms with E-state index in [0.717, 1.165) is 0 Å². The van der Waals surface area contributed by atoms with Crippen molar-refractivity contribution in [2.75, 3.05) is 20.2 Å². The molecule has 0 spiro atoms. The number of ether oxygens (including phenoxy) is 1. The third-order valence-electron chi connectivity index (χ3n) is 3.56. The summed E-state index contributed by atoms with van der Waals surface area (Å²) in [7, 11) is 1.27. The Balaban J connectivity index is 2.71. The molecule has 120 valence electrons. The number of rotatable bonds is 5. The van der Waals surface area contributed by atoms with Gasteiger partial charge in [0, 0.05) is 19.1 Å². The molecule has 1 fully saturated rings. The van der Waals surface area contributed by atoms with Crippen LogP contribution in [0.3, 0.4) is 0 Å². The van der Waals surface area contributed by atoms with Gasteiger partial charge in [-0.25, -0.2) is 4.79 Å². The zero-order chi connectivity index (χ0) is 16.2. The summed E-state index contributed by atoms with van der Waals surface area (Å²) in [6.07, 6.45) is 0.0183. The van der Waals surface area contributed by atoms with Crippen molar-refractivity contribution in [3.63, 3.8) is 0 Å². The lowest BCUT2D eigenvalue weighted by Crippen LogP contribution is -2.59. The number of nitrogens with zero attached hydrogens (tertiary/aromatic N) is 1. The highest BCUT2D eigenvalue weighted by molar-refractivity contribution is 5.91. The third-order valence-corrected chi connectivity index (χ3v) is 3.56. The number of methoxy groups -OCH3 is 1. The van der Waals surface area contributed by atoms with Crippen LogP contribution in [0.5, 0.6) is 0 Å². The van der Waals surface area contributed by atoms with Crippen LogP contribution in [0.4, 0.5) is 0 Å². The highest BCUT2D eigenvalue weighted by Crippen LogP contribution is 2.14. The molecular formula is C14H25N3O4. The summed E-state index contributed by atoms with van der Waals surface area (Å²) in [5.41, 5.74) is -1.11. The Labute approximate surface area is 125 Å². The molecule has 7 nitrogen and oxygen atoms in total. The van der Waals surface area contributed by atoms with E-state index in [1.54, 1.807) is 13.8 Å². The van der Waals surface area contributed by atoms with Crippen molar-refractivity contribution in [1.82, 2.24) is 15.5 Å². The van der Waals surface area contributed by atoms with Crippen LogP contribution < -0.4 is 10.6 Å². The number of esters is 1. The molecule has 21 heavy (non-hydrogen) atoms. The third kappa shape index (κ3) is 4.42. The molecule has 0 aromatic carbocycles. The van der Waals surface area contributed by atoms with E-state index in [9.17, 15) is 14.4 Å². The molecule has 0 bridgehead atoms. The number of amides is 2. The average Bonchev–Trinajstić information content (AvgIpc) is 2.39. The molecule has 2 N–H and O–H groups in total. The van der Waals surface area contributed by atoms with Crippen molar-refractivity contribution in [2.45, 2.75) is 51.7 Å². The number of piperazine rings is 1. The van der Waals surface area contributed by atoms with Crippen LogP contribution in [0, 0.1) is 0 Å². The van der Waals surface area contributed by atoms with Crippen molar-refractivity contribution in [1.29, 1.82) is 0 Å². The van der Waals surface area contributed by atoms with Gasteiger partial charge >= 0.3 is 5.97 Å². The minimum atomic E-state index is -1.11. The highest BCUT2D eigenvalue weighted by atomic mass is 16.5. The maximum atomic E-state index is 12.1. The minimum Gasteiger partial charge on any atom is -0.467 e. The molecule has 0 aliphatic carbocycles. The first-order chi connectivity index (χ1) is 9.69. The molecular weight excluding hydrogens is 274 g/mol. The van der Waals surface area contributed by atoms with Gasteiger partial charge in [0.15, 0.2) is 0 Å². The topological polar surface area (TPSA) is 87.7 Å². The van der Waals surface area contributed by atoms with E-state index >= 15 is 0 Å². The van der Waals surface area contributed by atoms with E-state index in [0.29, 0.717) is 13.1 Å². The van der Waals surface area contributed by atoms with Gasteiger partial charge in [-0.3, -0.25) is 14.5 Å². The van der Waals surface area contributed by atoms with Crippen molar-refractivity contribution >= 4 is 17.8 Å². The fraction of sp³-hybridized carbons (Fsp3) is 0.786. The Kier molecular flexibility index (Phi) is 5.71. The van der Waals surface area contributed by atoms with Gasteiger partial charge in [-0.15, -0.1) is 0 Å². The molecule has 1 rings (SSSR count).